The molecule has 1 aromatic heterocycles. The van der Waals surface area contributed by atoms with Crippen LogP contribution in [-0.2, 0) is 22.5 Å². The highest BCUT2D eigenvalue weighted by Crippen LogP contribution is 2.23. The van der Waals surface area contributed by atoms with Gasteiger partial charge in [-0.2, -0.15) is 0 Å². The zero-order valence-electron chi connectivity index (χ0n) is 17.8. The molecule has 0 aliphatic carbocycles. The first kappa shape index (κ1) is 20.6. The van der Waals surface area contributed by atoms with Crippen molar-refractivity contribution in [3.05, 3.63) is 71.4 Å². The van der Waals surface area contributed by atoms with Crippen molar-refractivity contribution in [3.8, 4) is 0 Å². The number of benzene rings is 2. The first-order valence-electron chi connectivity index (χ1n) is 11.0. The van der Waals surface area contributed by atoms with E-state index < -0.39 is 0 Å². The number of fused-ring (bicyclic) bond motifs is 1. The number of aryl methyl sites for hydroxylation is 2. The Morgan fingerprint density at radius 1 is 1.10 bits per heavy atom. The lowest BCUT2D eigenvalue weighted by molar-refractivity contribution is -0.906. The van der Waals surface area contributed by atoms with E-state index in [2.05, 4.69) is 71.5 Å². The van der Waals surface area contributed by atoms with Crippen LogP contribution in [-0.4, -0.2) is 49.9 Å². The number of carbonyl (C=O) groups is 1. The maximum absolute atomic E-state index is 12.4. The van der Waals surface area contributed by atoms with E-state index in [1.165, 1.54) is 32.5 Å². The molecule has 1 amide bonds. The van der Waals surface area contributed by atoms with Crippen LogP contribution in [0.2, 0.25) is 0 Å². The average Bonchev–Trinajstić information content (AvgIpc) is 3.12. The fraction of sp³-hybridized carbons (Fsp3) is 0.400. The Hall–Kier alpha value is -2.63. The third-order valence-electron chi connectivity index (χ3n) is 5.97. The molecule has 5 nitrogen and oxygen atoms in total. The van der Waals surface area contributed by atoms with Gasteiger partial charge in [-0.05, 0) is 30.5 Å². The molecule has 30 heavy (non-hydrogen) atoms. The van der Waals surface area contributed by atoms with Gasteiger partial charge in [0, 0.05) is 30.1 Å². The third-order valence-corrected chi connectivity index (χ3v) is 5.97. The van der Waals surface area contributed by atoms with Gasteiger partial charge in [-0.3, -0.25) is 4.79 Å². The van der Waals surface area contributed by atoms with Crippen molar-refractivity contribution >= 4 is 16.8 Å². The van der Waals surface area contributed by atoms with Crippen LogP contribution in [0.1, 0.15) is 23.1 Å². The van der Waals surface area contributed by atoms with Crippen molar-refractivity contribution in [2.75, 3.05) is 39.4 Å². The lowest BCUT2D eigenvalue weighted by atomic mass is 10.1. The minimum absolute atomic E-state index is 0.137. The highest BCUT2D eigenvalue weighted by Gasteiger charge is 2.14. The summed E-state index contributed by atoms with van der Waals surface area (Å²) in [6.45, 7) is 8.41. The van der Waals surface area contributed by atoms with E-state index in [0.717, 1.165) is 52.4 Å². The molecule has 1 saturated heterocycles. The minimum atomic E-state index is 0.137. The summed E-state index contributed by atoms with van der Waals surface area (Å²) >= 11 is 0. The fourth-order valence-electron chi connectivity index (χ4n) is 4.17. The van der Waals surface area contributed by atoms with Crippen molar-refractivity contribution in [2.24, 2.45) is 0 Å². The summed E-state index contributed by atoms with van der Waals surface area (Å²) in [6, 6.07) is 17.2. The Balaban J connectivity index is 1.35. The number of quaternary nitrogens is 1. The van der Waals surface area contributed by atoms with Gasteiger partial charge in [0.15, 0.2) is 0 Å². The van der Waals surface area contributed by atoms with Crippen LogP contribution >= 0.6 is 0 Å². The Morgan fingerprint density at radius 3 is 2.67 bits per heavy atom. The molecule has 4 rings (SSSR count). The largest absolute Gasteiger partial charge is 0.370 e. The number of rotatable bonds is 8. The van der Waals surface area contributed by atoms with Crippen molar-refractivity contribution < 1.29 is 14.4 Å². The Labute approximate surface area is 178 Å². The van der Waals surface area contributed by atoms with E-state index in [1.807, 2.05) is 0 Å². The third kappa shape index (κ3) is 5.29. The highest BCUT2D eigenvalue weighted by molar-refractivity contribution is 5.85. The second kappa shape index (κ2) is 9.92. The summed E-state index contributed by atoms with van der Waals surface area (Å²) in [5.74, 6) is 0.137. The molecule has 0 bridgehead atoms. The van der Waals surface area contributed by atoms with Crippen LogP contribution in [0.15, 0.2) is 54.7 Å². The predicted molar refractivity (Wildman–Crippen MR) is 120 cm³/mol. The van der Waals surface area contributed by atoms with Crippen LogP contribution in [0.4, 0.5) is 0 Å². The lowest BCUT2D eigenvalue weighted by Crippen LogP contribution is -3.14. The number of hydrogen-bond donors (Lipinski definition) is 2. The van der Waals surface area contributed by atoms with Gasteiger partial charge in [-0.15, -0.1) is 0 Å². The number of aromatic nitrogens is 1. The molecule has 2 aromatic carbocycles. The standard InChI is InChI=1S/C25H31N3O2/c1-20-6-8-21(9-7-20)18-28-19-22(23-4-2-3-5-24(23)28)10-11-25(29)26-12-13-27-14-16-30-17-15-27/h2-9,19H,10-18H2,1H3,(H,26,29)/p+1. The molecule has 3 aromatic rings. The summed E-state index contributed by atoms with van der Waals surface area (Å²) in [7, 11) is 0. The first-order chi connectivity index (χ1) is 14.7. The van der Waals surface area contributed by atoms with E-state index >= 15 is 0 Å². The van der Waals surface area contributed by atoms with E-state index in [0.29, 0.717) is 6.42 Å². The number of carbonyl (C=O) groups excluding carboxylic acids is 1. The maximum Gasteiger partial charge on any atom is 0.220 e. The SMILES string of the molecule is Cc1ccc(Cn2cc(CCC(=O)NCC[NH+]3CCOCC3)c3ccccc32)cc1. The molecular formula is C25H32N3O2+. The molecule has 1 aliphatic rings. The first-order valence-corrected chi connectivity index (χ1v) is 11.0. The van der Waals surface area contributed by atoms with Gasteiger partial charge in [0.1, 0.15) is 13.1 Å². The van der Waals surface area contributed by atoms with E-state index in [4.69, 9.17) is 4.74 Å². The van der Waals surface area contributed by atoms with Crippen molar-refractivity contribution in [1.29, 1.82) is 0 Å². The van der Waals surface area contributed by atoms with Crippen molar-refractivity contribution in [3.63, 3.8) is 0 Å². The smallest absolute Gasteiger partial charge is 0.220 e. The summed E-state index contributed by atoms with van der Waals surface area (Å²) < 4.78 is 7.68. The molecule has 1 fully saturated rings. The monoisotopic (exact) mass is 406 g/mol. The van der Waals surface area contributed by atoms with E-state index in [1.54, 1.807) is 0 Å². The molecule has 0 saturated carbocycles. The number of hydrogen-bond acceptors (Lipinski definition) is 2. The number of ether oxygens (including phenoxy) is 1. The molecule has 5 heteroatoms. The van der Waals surface area contributed by atoms with Gasteiger partial charge >= 0.3 is 0 Å². The Kier molecular flexibility index (Phi) is 6.82. The van der Waals surface area contributed by atoms with Crippen molar-refractivity contribution in [2.45, 2.75) is 26.3 Å². The Bertz CT molecular complexity index is 972. The quantitative estimate of drug-likeness (QED) is 0.601. The zero-order valence-corrected chi connectivity index (χ0v) is 17.8. The van der Waals surface area contributed by atoms with Gasteiger partial charge in [-0.25, -0.2) is 0 Å². The van der Waals surface area contributed by atoms with Crippen molar-refractivity contribution in [1.82, 2.24) is 9.88 Å². The number of nitrogens with one attached hydrogen (secondary N) is 2. The van der Waals surface area contributed by atoms with Crippen LogP contribution in [0.3, 0.4) is 0 Å². The molecule has 0 unspecified atom stereocenters. The fourth-order valence-corrected chi connectivity index (χ4v) is 4.17. The summed E-state index contributed by atoms with van der Waals surface area (Å²) in [6.07, 6.45) is 3.50. The molecule has 2 heterocycles. The summed E-state index contributed by atoms with van der Waals surface area (Å²) in [4.78, 5) is 13.9. The number of para-hydroxylation sites is 1. The molecule has 0 spiro atoms. The molecule has 0 radical (unpaired) electrons. The van der Waals surface area contributed by atoms with Gasteiger partial charge in [-0.1, -0.05) is 48.0 Å². The molecule has 1 aliphatic heterocycles. The molecular weight excluding hydrogens is 374 g/mol. The highest BCUT2D eigenvalue weighted by atomic mass is 16.5. The second-order valence-electron chi connectivity index (χ2n) is 8.25. The Morgan fingerprint density at radius 2 is 1.87 bits per heavy atom. The zero-order chi connectivity index (χ0) is 20.8. The predicted octanol–water partition coefficient (Wildman–Crippen LogP) is 1.96. The number of nitrogens with zero attached hydrogens (tertiary/aromatic N) is 1. The topological polar surface area (TPSA) is 47.7 Å². The van der Waals surface area contributed by atoms with E-state index in [-0.39, 0.29) is 5.91 Å². The normalized spacial score (nSPS) is 14.8. The van der Waals surface area contributed by atoms with Gasteiger partial charge in [0.05, 0.1) is 26.3 Å². The van der Waals surface area contributed by atoms with Gasteiger partial charge in [0.2, 0.25) is 5.91 Å². The minimum Gasteiger partial charge on any atom is -0.370 e. The lowest BCUT2D eigenvalue weighted by Gasteiger charge is -2.23. The molecule has 158 valence electrons. The van der Waals surface area contributed by atoms with Gasteiger partial charge in [0.25, 0.3) is 0 Å². The summed E-state index contributed by atoms with van der Waals surface area (Å²) in [5.41, 5.74) is 5.03. The molecule has 2 N–H and O–H groups in total. The maximum atomic E-state index is 12.4. The second-order valence-corrected chi connectivity index (χ2v) is 8.25. The van der Waals surface area contributed by atoms with E-state index in [9.17, 15) is 4.79 Å². The van der Waals surface area contributed by atoms with Crippen LogP contribution in [0, 0.1) is 6.92 Å². The number of morpholine rings is 1. The summed E-state index contributed by atoms with van der Waals surface area (Å²) in [5, 5.41) is 4.34. The van der Waals surface area contributed by atoms with Crippen LogP contribution in [0.5, 0.6) is 0 Å². The number of amides is 1. The van der Waals surface area contributed by atoms with Crippen LogP contribution < -0.4 is 10.2 Å². The average molecular weight is 407 g/mol. The molecule has 0 atom stereocenters. The van der Waals surface area contributed by atoms with Crippen LogP contribution in [0.25, 0.3) is 10.9 Å². The van der Waals surface area contributed by atoms with Gasteiger partial charge < -0.3 is 19.5 Å².